The van der Waals surface area contributed by atoms with Crippen molar-refractivity contribution in [1.29, 1.82) is 0 Å². The predicted molar refractivity (Wildman–Crippen MR) is 73.2 cm³/mol. The van der Waals surface area contributed by atoms with Crippen LogP contribution in [-0.4, -0.2) is 30.6 Å². The highest BCUT2D eigenvalue weighted by Gasteiger charge is 2.13. The van der Waals surface area contributed by atoms with Crippen LogP contribution in [0.1, 0.15) is 26.3 Å². The molecule has 0 radical (unpaired) electrons. The van der Waals surface area contributed by atoms with Crippen LogP contribution in [0.25, 0.3) is 0 Å². The lowest BCUT2D eigenvalue weighted by Crippen LogP contribution is -2.33. The van der Waals surface area contributed by atoms with E-state index in [9.17, 15) is 4.79 Å². The molecule has 0 amide bonds. The zero-order valence-electron chi connectivity index (χ0n) is 11.6. The molecule has 0 saturated carbocycles. The molecule has 18 heavy (non-hydrogen) atoms. The van der Waals surface area contributed by atoms with Crippen LogP contribution in [0.5, 0.6) is 0 Å². The highest BCUT2D eigenvalue weighted by atomic mass is 16.5. The summed E-state index contributed by atoms with van der Waals surface area (Å²) in [4.78, 5) is 13.7. The fourth-order valence-electron chi connectivity index (χ4n) is 1.93. The van der Waals surface area contributed by atoms with Crippen LogP contribution >= 0.6 is 0 Å². The lowest BCUT2D eigenvalue weighted by molar-refractivity contribution is -0.144. The van der Waals surface area contributed by atoms with E-state index in [1.54, 1.807) is 0 Å². The van der Waals surface area contributed by atoms with E-state index in [4.69, 9.17) is 4.74 Å². The van der Waals surface area contributed by atoms with Gasteiger partial charge < -0.3 is 4.74 Å². The second kappa shape index (κ2) is 7.88. The van der Waals surface area contributed by atoms with Gasteiger partial charge in [0.15, 0.2) is 0 Å². The molecular formula is C15H23NO2. The first-order valence-corrected chi connectivity index (χ1v) is 6.53. The number of hydrogen-bond acceptors (Lipinski definition) is 3. The van der Waals surface area contributed by atoms with Crippen LogP contribution in [-0.2, 0) is 16.1 Å². The largest absolute Gasteiger partial charge is 0.465 e. The standard InChI is InChI=1S/C15H23NO2/c1-4-18-15(17)12-16(10-13(2)3)11-14-8-6-5-7-9-14/h5-9,13H,4,10-12H2,1-3H3. The number of benzene rings is 1. The van der Waals surface area contributed by atoms with Crippen molar-refractivity contribution in [2.24, 2.45) is 5.92 Å². The Morgan fingerprint density at radius 1 is 1.28 bits per heavy atom. The van der Waals surface area contributed by atoms with Crippen LogP contribution in [0, 0.1) is 5.92 Å². The Bertz CT molecular complexity index is 349. The molecule has 1 aromatic rings. The molecule has 0 atom stereocenters. The Labute approximate surface area is 110 Å². The zero-order valence-corrected chi connectivity index (χ0v) is 11.6. The van der Waals surface area contributed by atoms with Gasteiger partial charge in [-0.25, -0.2) is 0 Å². The third-order valence-corrected chi connectivity index (χ3v) is 2.53. The molecule has 3 nitrogen and oxygen atoms in total. The predicted octanol–water partition coefficient (Wildman–Crippen LogP) is 2.71. The van der Waals surface area contributed by atoms with E-state index in [1.165, 1.54) is 5.56 Å². The zero-order chi connectivity index (χ0) is 13.4. The Hall–Kier alpha value is -1.35. The Morgan fingerprint density at radius 2 is 1.94 bits per heavy atom. The first-order valence-electron chi connectivity index (χ1n) is 6.53. The fraction of sp³-hybridized carbons (Fsp3) is 0.533. The molecule has 0 unspecified atom stereocenters. The summed E-state index contributed by atoms with van der Waals surface area (Å²) in [5, 5.41) is 0. The van der Waals surface area contributed by atoms with Crippen LogP contribution in [0.4, 0.5) is 0 Å². The number of carbonyl (C=O) groups is 1. The van der Waals surface area contributed by atoms with Gasteiger partial charge in [-0.05, 0) is 18.4 Å². The van der Waals surface area contributed by atoms with Gasteiger partial charge in [0.05, 0.1) is 13.2 Å². The summed E-state index contributed by atoms with van der Waals surface area (Å²) in [5.74, 6) is 0.386. The second-order valence-electron chi connectivity index (χ2n) is 4.85. The number of rotatable bonds is 7. The van der Waals surface area contributed by atoms with E-state index in [1.807, 2.05) is 25.1 Å². The first kappa shape index (κ1) is 14.7. The monoisotopic (exact) mass is 249 g/mol. The third kappa shape index (κ3) is 5.82. The van der Waals surface area contributed by atoms with Gasteiger partial charge in [-0.2, -0.15) is 0 Å². The number of ether oxygens (including phenoxy) is 1. The van der Waals surface area contributed by atoms with Gasteiger partial charge in [-0.15, -0.1) is 0 Å². The number of carbonyl (C=O) groups excluding carboxylic acids is 1. The van der Waals surface area contributed by atoms with Crippen molar-refractivity contribution in [3.8, 4) is 0 Å². The molecule has 0 saturated heterocycles. The van der Waals surface area contributed by atoms with Gasteiger partial charge in [-0.1, -0.05) is 44.2 Å². The lowest BCUT2D eigenvalue weighted by Gasteiger charge is -2.23. The van der Waals surface area contributed by atoms with Gasteiger partial charge in [0.1, 0.15) is 0 Å². The quantitative estimate of drug-likeness (QED) is 0.696. The summed E-state index contributed by atoms with van der Waals surface area (Å²) >= 11 is 0. The summed E-state index contributed by atoms with van der Waals surface area (Å²) in [6, 6.07) is 10.2. The lowest BCUT2D eigenvalue weighted by atomic mass is 10.1. The van der Waals surface area contributed by atoms with Crippen LogP contribution < -0.4 is 0 Å². The molecule has 0 aromatic heterocycles. The van der Waals surface area contributed by atoms with Crippen molar-refractivity contribution in [2.45, 2.75) is 27.3 Å². The third-order valence-electron chi connectivity index (χ3n) is 2.53. The maximum absolute atomic E-state index is 11.6. The van der Waals surface area contributed by atoms with Crippen molar-refractivity contribution in [1.82, 2.24) is 4.90 Å². The maximum atomic E-state index is 11.6. The van der Waals surface area contributed by atoms with Crippen LogP contribution in [0.3, 0.4) is 0 Å². The molecule has 100 valence electrons. The number of nitrogens with zero attached hydrogens (tertiary/aromatic N) is 1. The molecule has 0 N–H and O–H groups in total. The summed E-state index contributed by atoms with van der Waals surface area (Å²) in [6.45, 7) is 8.64. The topological polar surface area (TPSA) is 29.5 Å². The second-order valence-corrected chi connectivity index (χ2v) is 4.85. The molecule has 0 aliphatic carbocycles. The molecule has 0 aliphatic rings. The van der Waals surface area contributed by atoms with Crippen molar-refractivity contribution >= 4 is 5.97 Å². The van der Waals surface area contributed by atoms with Gasteiger partial charge in [0.25, 0.3) is 0 Å². The minimum absolute atomic E-state index is 0.144. The molecule has 0 fully saturated rings. The molecule has 0 spiro atoms. The molecular weight excluding hydrogens is 226 g/mol. The molecule has 3 heteroatoms. The van der Waals surface area contributed by atoms with Crippen LogP contribution in [0.2, 0.25) is 0 Å². The maximum Gasteiger partial charge on any atom is 0.320 e. The molecule has 1 aromatic carbocycles. The Kier molecular flexibility index (Phi) is 6.44. The van der Waals surface area contributed by atoms with Crippen molar-refractivity contribution in [2.75, 3.05) is 19.7 Å². The molecule has 0 aliphatic heterocycles. The Balaban J connectivity index is 2.58. The van der Waals surface area contributed by atoms with E-state index < -0.39 is 0 Å². The SMILES string of the molecule is CCOC(=O)CN(Cc1ccccc1)CC(C)C. The Morgan fingerprint density at radius 3 is 2.50 bits per heavy atom. The summed E-state index contributed by atoms with van der Waals surface area (Å²) in [5.41, 5.74) is 1.22. The fourth-order valence-corrected chi connectivity index (χ4v) is 1.93. The summed E-state index contributed by atoms with van der Waals surface area (Å²) in [6.07, 6.45) is 0. The van der Waals surface area contributed by atoms with E-state index in [0.717, 1.165) is 13.1 Å². The van der Waals surface area contributed by atoms with Crippen molar-refractivity contribution < 1.29 is 9.53 Å². The average Bonchev–Trinajstić information content (AvgIpc) is 2.29. The highest BCUT2D eigenvalue weighted by Crippen LogP contribution is 2.07. The first-order chi connectivity index (χ1) is 8.61. The van der Waals surface area contributed by atoms with Gasteiger partial charge in [0, 0.05) is 13.1 Å². The van der Waals surface area contributed by atoms with Crippen molar-refractivity contribution in [3.63, 3.8) is 0 Å². The minimum Gasteiger partial charge on any atom is -0.465 e. The van der Waals surface area contributed by atoms with E-state index in [2.05, 4.69) is 30.9 Å². The van der Waals surface area contributed by atoms with Crippen LogP contribution in [0.15, 0.2) is 30.3 Å². The number of esters is 1. The molecule has 1 rings (SSSR count). The van der Waals surface area contributed by atoms with Crippen molar-refractivity contribution in [3.05, 3.63) is 35.9 Å². The average molecular weight is 249 g/mol. The minimum atomic E-state index is -0.144. The van der Waals surface area contributed by atoms with E-state index >= 15 is 0 Å². The van der Waals surface area contributed by atoms with E-state index in [0.29, 0.717) is 19.1 Å². The highest BCUT2D eigenvalue weighted by molar-refractivity contribution is 5.71. The van der Waals surface area contributed by atoms with Gasteiger partial charge >= 0.3 is 5.97 Å². The normalized spacial score (nSPS) is 10.9. The van der Waals surface area contributed by atoms with E-state index in [-0.39, 0.29) is 5.97 Å². The molecule has 0 heterocycles. The number of hydrogen-bond donors (Lipinski definition) is 0. The summed E-state index contributed by atoms with van der Waals surface area (Å²) in [7, 11) is 0. The molecule has 0 bridgehead atoms. The summed E-state index contributed by atoms with van der Waals surface area (Å²) < 4.78 is 5.01. The smallest absolute Gasteiger partial charge is 0.320 e. The van der Waals surface area contributed by atoms with Gasteiger partial charge in [-0.3, -0.25) is 9.69 Å². The van der Waals surface area contributed by atoms with Gasteiger partial charge in [0.2, 0.25) is 0 Å².